The summed E-state index contributed by atoms with van der Waals surface area (Å²) in [6.45, 7) is 4.34. The fourth-order valence-corrected chi connectivity index (χ4v) is 3.02. The number of nitrogens with one attached hydrogen (secondary N) is 2. The van der Waals surface area contributed by atoms with E-state index in [1.807, 2.05) is 0 Å². The molecule has 28 heavy (non-hydrogen) atoms. The van der Waals surface area contributed by atoms with Crippen molar-refractivity contribution in [2.24, 2.45) is 0 Å². The van der Waals surface area contributed by atoms with Gasteiger partial charge in [-0.25, -0.2) is 0 Å². The minimum Gasteiger partial charge on any atom is -0.492 e. The molecule has 0 spiro atoms. The maximum Gasteiger partial charge on any atom is 0.238 e. The first-order valence-electron chi connectivity index (χ1n) is 8.66. The Morgan fingerprint density at radius 3 is 2.89 bits per heavy atom. The third-order valence-electron chi connectivity index (χ3n) is 3.75. The van der Waals surface area contributed by atoms with Gasteiger partial charge in [-0.3, -0.25) is 9.59 Å². The molecule has 1 atom stereocenters. The molecule has 150 valence electrons. The average Bonchev–Trinajstić information content (AvgIpc) is 3.31. The molecular weight excluding hydrogens is 386 g/mol. The van der Waals surface area contributed by atoms with Gasteiger partial charge in [0, 0.05) is 12.1 Å². The number of carbonyl (C=O) groups excluding carboxylic acids is 2. The van der Waals surface area contributed by atoms with E-state index >= 15 is 0 Å². The number of nitrogens with zero attached hydrogens (tertiary/aromatic N) is 1. The van der Waals surface area contributed by atoms with Crippen molar-refractivity contribution in [1.29, 1.82) is 0 Å². The molecule has 0 radical (unpaired) electrons. The molecule has 1 aliphatic rings. The molecule has 10 heteroatoms. The number of carbonyl (C=O) groups is 2. The van der Waals surface area contributed by atoms with Gasteiger partial charge in [0.15, 0.2) is 17.3 Å². The highest BCUT2D eigenvalue weighted by Crippen LogP contribution is 2.34. The Hall–Kier alpha value is -2.88. The second-order valence-electron chi connectivity index (χ2n) is 5.98. The lowest BCUT2D eigenvalue weighted by Crippen LogP contribution is -2.31. The van der Waals surface area contributed by atoms with E-state index in [2.05, 4.69) is 15.8 Å². The Morgan fingerprint density at radius 1 is 1.29 bits per heavy atom. The summed E-state index contributed by atoms with van der Waals surface area (Å²) in [6, 6.07) is 6.93. The smallest absolute Gasteiger partial charge is 0.238 e. The highest BCUT2D eigenvalue weighted by Gasteiger charge is 2.17. The summed E-state index contributed by atoms with van der Waals surface area (Å²) in [6.07, 6.45) is 0. The van der Waals surface area contributed by atoms with Crippen LogP contribution in [0.25, 0.3) is 0 Å². The van der Waals surface area contributed by atoms with Crippen molar-refractivity contribution in [2.75, 3.05) is 31.0 Å². The van der Waals surface area contributed by atoms with Gasteiger partial charge >= 0.3 is 0 Å². The second kappa shape index (κ2) is 9.36. The summed E-state index contributed by atoms with van der Waals surface area (Å²) in [5, 5.41) is 8.69. The minimum atomic E-state index is -0.410. The fraction of sp³-hybridized carbons (Fsp3) is 0.389. The third kappa shape index (κ3) is 5.56. The molecule has 2 N–H and O–H groups in total. The van der Waals surface area contributed by atoms with Gasteiger partial charge in [0.25, 0.3) is 0 Å². The SMILES string of the molecule is Cc1cc(NC(=O)C(C)SCC(=O)NCCOc2ccc3c(c2)OCO3)no1. The number of benzene rings is 1. The average molecular weight is 407 g/mol. The van der Waals surface area contributed by atoms with E-state index in [1.165, 1.54) is 11.8 Å². The summed E-state index contributed by atoms with van der Waals surface area (Å²) < 4.78 is 21.0. The van der Waals surface area contributed by atoms with Crippen molar-refractivity contribution in [1.82, 2.24) is 10.5 Å². The van der Waals surface area contributed by atoms with Gasteiger partial charge in [-0.1, -0.05) is 5.16 Å². The number of aromatic nitrogens is 1. The molecule has 1 aliphatic heterocycles. The minimum absolute atomic E-state index is 0.163. The standard InChI is InChI=1S/C18H21N3O6S/c1-11-7-16(21-27-11)20-18(23)12(2)28-9-17(22)19-5-6-24-13-3-4-14-15(8-13)26-10-25-14/h3-4,7-8,12H,5-6,9-10H2,1-2H3,(H,19,22)(H,20,21,23). The van der Waals surface area contributed by atoms with Crippen LogP contribution in [0, 0.1) is 6.92 Å². The fourth-order valence-electron chi connectivity index (χ4n) is 2.31. The van der Waals surface area contributed by atoms with E-state index in [0.717, 1.165) is 0 Å². The number of fused-ring (bicyclic) bond motifs is 1. The number of aryl methyl sites for hydroxylation is 1. The molecule has 2 amide bonds. The molecule has 2 aromatic rings. The molecular formula is C18H21N3O6S. The molecule has 3 rings (SSSR count). The lowest BCUT2D eigenvalue weighted by atomic mass is 10.3. The van der Waals surface area contributed by atoms with Gasteiger partial charge in [-0.15, -0.1) is 11.8 Å². The van der Waals surface area contributed by atoms with Crippen LogP contribution >= 0.6 is 11.8 Å². The van der Waals surface area contributed by atoms with Crippen LogP contribution in [0.3, 0.4) is 0 Å². The molecule has 1 aromatic carbocycles. The molecule has 0 saturated carbocycles. The zero-order valence-corrected chi connectivity index (χ0v) is 16.3. The predicted molar refractivity (Wildman–Crippen MR) is 103 cm³/mol. The molecule has 0 aliphatic carbocycles. The Balaban J connectivity index is 1.30. The van der Waals surface area contributed by atoms with Gasteiger partial charge in [0.05, 0.1) is 17.5 Å². The lowest BCUT2D eigenvalue weighted by molar-refractivity contribution is -0.118. The highest BCUT2D eigenvalue weighted by molar-refractivity contribution is 8.01. The summed E-state index contributed by atoms with van der Waals surface area (Å²) in [7, 11) is 0. The Bertz CT molecular complexity index is 840. The number of thioether (sulfide) groups is 1. The van der Waals surface area contributed by atoms with Crippen molar-refractivity contribution < 1.29 is 28.3 Å². The maximum atomic E-state index is 12.0. The van der Waals surface area contributed by atoms with E-state index in [9.17, 15) is 9.59 Å². The Labute approximate surface area is 166 Å². The van der Waals surface area contributed by atoms with E-state index < -0.39 is 5.25 Å². The van der Waals surface area contributed by atoms with E-state index in [0.29, 0.717) is 42.0 Å². The Morgan fingerprint density at radius 2 is 2.11 bits per heavy atom. The van der Waals surface area contributed by atoms with Crippen molar-refractivity contribution in [2.45, 2.75) is 19.1 Å². The van der Waals surface area contributed by atoms with Crippen LogP contribution < -0.4 is 24.8 Å². The first kappa shape index (κ1) is 19.9. The van der Waals surface area contributed by atoms with Gasteiger partial charge in [0.1, 0.15) is 18.1 Å². The van der Waals surface area contributed by atoms with Crippen LogP contribution in [-0.4, -0.2) is 47.9 Å². The molecule has 0 fully saturated rings. The number of amides is 2. The quantitative estimate of drug-likeness (QED) is 0.607. The first-order chi connectivity index (χ1) is 13.5. The second-order valence-corrected chi connectivity index (χ2v) is 7.31. The summed E-state index contributed by atoms with van der Waals surface area (Å²) in [5.41, 5.74) is 0. The topological polar surface area (TPSA) is 112 Å². The largest absolute Gasteiger partial charge is 0.492 e. The monoisotopic (exact) mass is 407 g/mol. The van der Waals surface area contributed by atoms with Crippen LogP contribution in [0.1, 0.15) is 12.7 Å². The van der Waals surface area contributed by atoms with E-state index in [4.69, 9.17) is 18.7 Å². The number of ether oxygens (including phenoxy) is 3. The zero-order valence-electron chi connectivity index (χ0n) is 15.5. The van der Waals surface area contributed by atoms with Crippen molar-refractivity contribution >= 4 is 29.4 Å². The third-order valence-corrected chi connectivity index (χ3v) is 4.89. The van der Waals surface area contributed by atoms with E-state index in [1.54, 1.807) is 38.1 Å². The van der Waals surface area contributed by atoms with Gasteiger partial charge in [0.2, 0.25) is 18.6 Å². The number of hydrogen-bond donors (Lipinski definition) is 2. The van der Waals surface area contributed by atoms with Crippen molar-refractivity contribution in [3.63, 3.8) is 0 Å². The normalized spacial score (nSPS) is 13.1. The number of hydrogen-bond acceptors (Lipinski definition) is 8. The number of anilines is 1. The maximum absolute atomic E-state index is 12.0. The van der Waals surface area contributed by atoms with Crippen LogP contribution in [0.2, 0.25) is 0 Å². The summed E-state index contributed by atoms with van der Waals surface area (Å²) >= 11 is 1.23. The van der Waals surface area contributed by atoms with Crippen LogP contribution in [0.5, 0.6) is 17.2 Å². The molecule has 1 unspecified atom stereocenters. The lowest BCUT2D eigenvalue weighted by Gasteiger charge is -2.11. The Kier molecular flexibility index (Phi) is 6.64. The van der Waals surface area contributed by atoms with Crippen LogP contribution in [-0.2, 0) is 9.59 Å². The van der Waals surface area contributed by atoms with Gasteiger partial charge in [-0.05, 0) is 26.0 Å². The number of rotatable bonds is 9. The molecule has 2 heterocycles. The molecule has 0 saturated heterocycles. The van der Waals surface area contributed by atoms with Gasteiger partial charge in [-0.2, -0.15) is 0 Å². The summed E-state index contributed by atoms with van der Waals surface area (Å²) in [4.78, 5) is 24.0. The van der Waals surface area contributed by atoms with E-state index in [-0.39, 0.29) is 24.4 Å². The van der Waals surface area contributed by atoms with Gasteiger partial charge < -0.3 is 29.4 Å². The predicted octanol–water partition coefficient (Wildman–Crippen LogP) is 1.97. The van der Waals surface area contributed by atoms with Crippen molar-refractivity contribution in [3.05, 3.63) is 30.0 Å². The van der Waals surface area contributed by atoms with Crippen LogP contribution in [0.4, 0.5) is 5.82 Å². The summed E-state index contributed by atoms with van der Waals surface area (Å²) in [5.74, 6) is 2.70. The molecule has 0 bridgehead atoms. The molecule has 1 aromatic heterocycles. The van der Waals surface area contributed by atoms with Crippen LogP contribution in [0.15, 0.2) is 28.8 Å². The zero-order chi connectivity index (χ0) is 19.9. The first-order valence-corrected chi connectivity index (χ1v) is 9.71. The van der Waals surface area contributed by atoms with Crippen molar-refractivity contribution in [3.8, 4) is 17.2 Å². The highest BCUT2D eigenvalue weighted by atomic mass is 32.2. The molecule has 9 nitrogen and oxygen atoms in total.